The van der Waals surface area contributed by atoms with Crippen molar-refractivity contribution >= 4 is 23.7 Å². The summed E-state index contributed by atoms with van der Waals surface area (Å²) in [5.41, 5.74) is 5.39. The Balaban J connectivity index is 1.31. The summed E-state index contributed by atoms with van der Waals surface area (Å²) in [6.07, 6.45) is 7.16. The summed E-state index contributed by atoms with van der Waals surface area (Å²) < 4.78 is 7.54. The van der Waals surface area contributed by atoms with Crippen LogP contribution >= 0.6 is 0 Å². The molecule has 208 valence electrons. The lowest BCUT2D eigenvalue weighted by atomic mass is 9.96. The van der Waals surface area contributed by atoms with Crippen molar-refractivity contribution in [2.75, 3.05) is 13.7 Å². The van der Waals surface area contributed by atoms with E-state index in [4.69, 9.17) is 9.84 Å². The number of nitrogens with zero attached hydrogens (tertiary/aromatic N) is 3. The van der Waals surface area contributed by atoms with Crippen LogP contribution in [0.25, 0.3) is 11.8 Å². The molecule has 1 fully saturated rings. The van der Waals surface area contributed by atoms with Crippen LogP contribution in [0.1, 0.15) is 68.9 Å². The predicted octanol–water partition coefficient (Wildman–Crippen LogP) is 5.89. The van der Waals surface area contributed by atoms with E-state index in [1.165, 1.54) is 24.3 Å². The Kier molecular flexibility index (Phi) is 7.83. The highest BCUT2D eigenvalue weighted by molar-refractivity contribution is 6.09. The Morgan fingerprint density at radius 3 is 2.27 bits per heavy atom. The lowest BCUT2D eigenvalue weighted by Gasteiger charge is -2.34. The van der Waals surface area contributed by atoms with Crippen molar-refractivity contribution < 1.29 is 24.2 Å². The molecule has 1 atom stereocenters. The zero-order valence-electron chi connectivity index (χ0n) is 23.2. The summed E-state index contributed by atoms with van der Waals surface area (Å²) >= 11 is 0. The number of amides is 1. The number of aromatic nitrogens is 2. The number of piperidine rings is 1. The molecule has 5 rings (SSSR count). The quantitative estimate of drug-likeness (QED) is 0.217. The van der Waals surface area contributed by atoms with Gasteiger partial charge in [-0.05, 0) is 68.2 Å². The van der Waals surface area contributed by atoms with Gasteiger partial charge in [-0.3, -0.25) is 9.59 Å². The number of ether oxygens (including phenoxy) is 1. The van der Waals surface area contributed by atoms with Gasteiger partial charge in [-0.25, -0.2) is 9.78 Å². The molecule has 8 heteroatoms. The standard InChI is InChI=1S/C33H31N3O5/c1-21-19-35(20-34-21)29-15-6-23(18-30(29)41-3)17-28-5-4-16-36(32(28)38)22(2)24-7-9-25(10-8-24)31(37)26-11-13-27(14-12-26)33(39)40/h6-15,17-20,22H,4-5,16H2,1-3H3,(H,39,40)/b28-17+/t22-/m0/s1. The second-order valence-corrected chi connectivity index (χ2v) is 10.1. The van der Waals surface area contributed by atoms with Crippen LogP contribution in [0.4, 0.5) is 0 Å². The van der Waals surface area contributed by atoms with E-state index in [1.807, 2.05) is 65.9 Å². The van der Waals surface area contributed by atoms with Crippen LogP contribution in [0.5, 0.6) is 5.75 Å². The number of rotatable bonds is 8. The van der Waals surface area contributed by atoms with E-state index in [9.17, 15) is 14.4 Å². The largest absolute Gasteiger partial charge is 0.495 e. The van der Waals surface area contributed by atoms with Crippen LogP contribution < -0.4 is 4.74 Å². The number of hydrogen-bond acceptors (Lipinski definition) is 5. The Bertz CT molecular complexity index is 1630. The first-order chi connectivity index (χ1) is 19.7. The lowest BCUT2D eigenvalue weighted by Crippen LogP contribution is -2.38. The highest BCUT2D eigenvalue weighted by Gasteiger charge is 2.28. The molecule has 0 bridgehead atoms. The van der Waals surface area contributed by atoms with E-state index < -0.39 is 5.97 Å². The van der Waals surface area contributed by atoms with Crippen LogP contribution in [-0.2, 0) is 4.79 Å². The molecule has 2 heterocycles. The van der Waals surface area contributed by atoms with Crippen LogP contribution in [0, 0.1) is 6.92 Å². The molecule has 1 aliphatic heterocycles. The molecule has 0 aliphatic carbocycles. The van der Waals surface area contributed by atoms with Crippen LogP contribution in [0.3, 0.4) is 0 Å². The van der Waals surface area contributed by atoms with Gasteiger partial charge in [0.05, 0.1) is 36.4 Å². The number of carbonyl (C=O) groups is 3. The van der Waals surface area contributed by atoms with E-state index in [2.05, 4.69) is 4.98 Å². The smallest absolute Gasteiger partial charge is 0.335 e. The third-order valence-corrected chi connectivity index (χ3v) is 7.43. The molecule has 0 radical (unpaired) electrons. The van der Waals surface area contributed by atoms with Gasteiger partial charge in [-0.2, -0.15) is 0 Å². The van der Waals surface area contributed by atoms with E-state index in [0.29, 0.717) is 29.8 Å². The van der Waals surface area contributed by atoms with Crippen LogP contribution in [0.2, 0.25) is 0 Å². The molecule has 41 heavy (non-hydrogen) atoms. The van der Waals surface area contributed by atoms with Crippen molar-refractivity contribution in [3.8, 4) is 11.4 Å². The number of aromatic carboxylic acids is 1. The summed E-state index contributed by atoms with van der Waals surface area (Å²) in [5.74, 6) is -0.538. The third kappa shape index (κ3) is 5.82. The van der Waals surface area contributed by atoms with Crippen molar-refractivity contribution in [1.82, 2.24) is 14.5 Å². The molecule has 0 spiro atoms. The molecule has 8 nitrogen and oxygen atoms in total. The van der Waals surface area contributed by atoms with E-state index in [0.717, 1.165) is 34.5 Å². The summed E-state index contributed by atoms with van der Waals surface area (Å²) in [4.78, 5) is 43.7. The number of carboxylic acid groups (broad SMARTS) is 1. The zero-order valence-corrected chi connectivity index (χ0v) is 23.2. The molecule has 1 amide bonds. The number of methoxy groups -OCH3 is 1. The monoisotopic (exact) mass is 549 g/mol. The van der Waals surface area contributed by atoms with Gasteiger partial charge in [-0.1, -0.05) is 42.5 Å². The molecular weight excluding hydrogens is 518 g/mol. The summed E-state index contributed by atoms with van der Waals surface area (Å²) in [6, 6.07) is 18.8. The first kappa shape index (κ1) is 27.6. The number of carboxylic acids is 1. The second-order valence-electron chi connectivity index (χ2n) is 10.1. The van der Waals surface area contributed by atoms with E-state index >= 15 is 0 Å². The Morgan fingerprint density at radius 2 is 1.66 bits per heavy atom. The molecule has 0 unspecified atom stereocenters. The van der Waals surface area contributed by atoms with Crippen molar-refractivity contribution in [3.63, 3.8) is 0 Å². The third-order valence-electron chi connectivity index (χ3n) is 7.43. The number of imidazole rings is 1. The van der Waals surface area contributed by atoms with Gasteiger partial charge >= 0.3 is 5.97 Å². The first-order valence-corrected chi connectivity index (χ1v) is 13.4. The Labute approximate surface area is 238 Å². The van der Waals surface area contributed by atoms with Gasteiger partial charge in [0.2, 0.25) is 5.91 Å². The molecule has 1 aromatic heterocycles. The van der Waals surface area contributed by atoms with Gasteiger partial charge in [0.1, 0.15) is 5.75 Å². The molecule has 3 aromatic carbocycles. The first-order valence-electron chi connectivity index (χ1n) is 13.4. The maximum Gasteiger partial charge on any atom is 0.335 e. The molecule has 1 N–H and O–H groups in total. The molecule has 1 saturated heterocycles. The summed E-state index contributed by atoms with van der Waals surface area (Å²) in [7, 11) is 1.63. The van der Waals surface area contributed by atoms with Gasteiger partial charge in [-0.15, -0.1) is 0 Å². The molecule has 4 aromatic rings. The number of aryl methyl sites for hydroxylation is 1. The average molecular weight is 550 g/mol. The minimum atomic E-state index is -1.04. The van der Waals surface area contributed by atoms with Gasteiger partial charge in [0.25, 0.3) is 0 Å². The van der Waals surface area contributed by atoms with Gasteiger partial charge in [0, 0.05) is 29.4 Å². The van der Waals surface area contributed by atoms with Gasteiger partial charge in [0.15, 0.2) is 5.78 Å². The highest BCUT2D eigenvalue weighted by Crippen LogP contribution is 2.31. The fourth-order valence-electron chi connectivity index (χ4n) is 5.11. The fourth-order valence-corrected chi connectivity index (χ4v) is 5.11. The van der Waals surface area contributed by atoms with Crippen LogP contribution in [0.15, 0.2) is 84.8 Å². The number of ketones is 1. The Hall–Kier alpha value is -4.98. The average Bonchev–Trinajstić information content (AvgIpc) is 3.43. The van der Waals surface area contributed by atoms with E-state index in [-0.39, 0.29) is 23.3 Å². The summed E-state index contributed by atoms with van der Waals surface area (Å²) in [5, 5.41) is 9.08. The van der Waals surface area contributed by atoms with E-state index in [1.54, 1.807) is 25.6 Å². The van der Waals surface area contributed by atoms with Gasteiger partial charge < -0.3 is 19.3 Å². The van der Waals surface area contributed by atoms with Crippen molar-refractivity contribution in [2.45, 2.75) is 32.7 Å². The van der Waals surface area contributed by atoms with Crippen molar-refractivity contribution in [2.24, 2.45) is 0 Å². The number of benzene rings is 3. The number of hydrogen-bond donors (Lipinski definition) is 1. The zero-order chi connectivity index (χ0) is 29.1. The Morgan fingerprint density at radius 1 is 1.00 bits per heavy atom. The van der Waals surface area contributed by atoms with Crippen molar-refractivity contribution in [1.29, 1.82) is 0 Å². The second kappa shape index (κ2) is 11.6. The minimum absolute atomic E-state index is 0.00398. The van der Waals surface area contributed by atoms with Crippen molar-refractivity contribution in [3.05, 3.63) is 118 Å². The lowest BCUT2D eigenvalue weighted by molar-refractivity contribution is -0.130. The molecule has 0 saturated carbocycles. The molecule has 1 aliphatic rings. The number of likely N-dealkylation sites (tertiary alicyclic amines) is 1. The highest BCUT2D eigenvalue weighted by atomic mass is 16.5. The summed E-state index contributed by atoms with van der Waals surface area (Å²) in [6.45, 7) is 4.57. The van der Waals surface area contributed by atoms with Crippen LogP contribution in [-0.4, -0.2) is 50.9 Å². The molecular formula is C33H31N3O5. The SMILES string of the molecule is COc1cc(/C=C2\CCCN([C@@H](C)c3ccc(C(=O)c4ccc(C(=O)O)cc4)cc3)C2=O)ccc1-n1cnc(C)c1. The normalized spacial score (nSPS) is 15.1. The predicted molar refractivity (Wildman–Crippen MR) is 155 cm³/mol. The number of carbonyl (C=O) groups excluding carboxylic acids is 2. The maximum absolute atomic E-state index is 13.5. The maximum atomic E-state index is 13.5. The topological polar surface area (TPSA) is 102 Å². The minimum Gasteiger partial charge on any atom is -0.495 e. The fraction of sp³-hybridized carbons (Fsp3) is 0.212.